The molecule has 2 heterocycles. The average molecular weight is 307 g/mol. The number of aromatic nitrogens is 3. The second-order valence-electron chi connectivity index (χ2n) is 4.81. The Labute approximate surface area is 123 Å². The number of nitrogens with one attached hydrogen (secondary N) is 2. The lowest BCUT2D eigenvalue weighted by atomic mass is 10.2. The number of benzene rings is 1. The predicted octanol–water partition coefficient (Wildman–Crippen LogP) is 1.39. The Balaban J connectivity index is 1.71. The van der Waals surface area contributed by atoms with Crippen LogP contribution in [0.2, 0.25) is 0 Å². The second kappa shape index (κ2) is 5.17. The van der Waals surface area contributed by atoms with Gasteiger partial charge < -0.3 is 5.32 Å². The third-order valence-electron chi connectivity index (χ3n) is 3.15. The van der Waals surface area contributed by atoms with Crippen LogP contribution in [0.25, 0.3) is 0 Å². The standard InChI is InChI=1S/C13H11F2N5O2/c1-6-16-13-18-12(22)10(20(13)19-6)5-11(21)17-7-2-3-8(14)9(15)4-7/h2-4,10H,5H2,1H3,(H,17,21)(H,16,18,19,22)/t10-/m1/s1. The van der Waals surface area contributed by atoms with Gasteiger partial charge in [0.2, 0.25) is 11.9 Å². The van der Waals surface area contributed by atoms with Crippen LogP contribution >= 0.6 is 0 Å². The summed E-state index contributed by atoms with van der Waals surface area (Å²) in [5, 5.41) is 8.96. The van der Waals surface area contributed by atoms with Crippen LogP contribution in [0.4, 0.5) is 20.4 Å². The number of rotatable bonds is 3. The summed E-state index contributed by atoms with van der Waals surface area (Å²) in [6, 6.07) is 2.19. The SMILES string of the molecule is Cc1nc2n(n1)[C@H](CC(=O)Nc1ccc(F)c(F)c1)C(=O)N2. The van der Waals surface area contributed by atoms with E-state index < -0.39 is 29.5 Å². The van der Waals surface area contributed by atoms with Crippen molar-refractivity contribution in [1.29, 1.82) is 0 Å². The molecule has 2 amide bonds. The van der Waals surface area contributed by atoms with Crippen molar-refractivity contribution in [2.45, 2.75) is 19.4 Å². The van der Waals surface area contributed by atoms with E-state index in [1.54, 1.807) is 6.92 Å². The molecule has 3 rings (SSSR count). The van der Waals surface area contributed by atoms with Gasteiger partial charge in [-0.3, -0.25) is 14.9 Å². The number of halogens is 2. The quantitative estimate of drug-likeness (QED) is 0.896. The lowest BCUT2D eigenvalue weighted by molar-refractivity contribution is -0.123. The molecule has 0 bridgehead atoms. The lowest BCUT2D eigenvalue weighted by Crippen LogP contribution is -2.23. The van der Waals surface area contributed by atoms with Gasteiger partial charge in [0.1, 0.15) is 11.9 Å². The van der Waals surface area contributed by atoms with Crippen LogP contribution in [0.5, 0.6) is 0 Å². The third kappa shape index (κ3) is 2.52. The summed E-state index contributed by atoms with van der Waals surface area (Å²) in [6.45, 7) is 1.66. The van der Waals surface area contributed by atoms with E-state index in [0.29, 0.717) is 5.82 Å². The van der Waals surface area contributed by atoms with E-state index in [1.165, 1.54) is 10.7 Å². The molecule has 0 aliphatic carbocycles. The molecule has 2 aromatic rings. The Hall–Kier alpha value is -2.84. The van der Waals surface area contributed by atoms with Gasteiger partial charge in [-0.05, 0) is 19.1 Å². The third-order valence-corrected chi connectivity index (χ3v) is 3.15. The van der Waals surface area contributed by atoms with Crippen LogP contribution in [0.3, 0.4) is 0 Å². The number of carbonyl (C=O) groups is 2. The minimum atomic E-state index is -1.06. The number of fused-ring (bicyclic) bond motifs is 1. The number of anilines is 2. The van der Waals surface area contributed by atoms with Crippen LogP contribution in [-0.4, -0.2) is 26.6 Å². The zero-order valence-electron chi connectivity index (χ0n) is 11.4. The fourth-order valence-electron chi connectivity index (χ4n) is 2.18. The molecule has 114 valence electrons. The molecule has 0 unspecified atom stereocenters. The van der Waals surface area contributed by atoms with Crippen molar-refractivity contribution in [1.82, 2.24) is 14.8 Å². The maximum absolute atomic E-state index is 13.1. The van der Waals surface area contributed by atoms with E-state index in [1.807, 2.05) is 0 Å². The Morgan fingerprint density at radius 1 is 1.41 bits per heavy atom. The Kier molecular flexibility index (Phi) is 3.32. The summed E-state index contributed by atoms with van der Waals surface area (Å²) in [7, 11) is 0. The molecule has 0 radical (unpaired) electrons. The Morgan fingerprint density at radius 3 is 2.91 bits per heavy atom. The fraction of sp³-hybridized carbons (Fsp3) is 0.231. The molecule has 0 fully saturated rings. The van der Waals surface area contributed by atoms with Gasteiger partial charge in [0, 0.05) is 11.8 Å². The van der Waals surface area contributed by atoms with Gasteiger partial charge >= 0.3 is 0 Å². The molecular formula is C13H11F2N5O2. The maximum atomic E-state index is 13.1. The maximum Gasteiger partial charge on any atom is 0.252 e. The van der Waals surface area contributed by atoms with E-state index in [4.69, 9.17) is 0 Å². The summed E-state index contributed by atoms with van der Waals surface area (Å²) in [6.07, 6.45) is -0.194. The summed E-state index contributed by atoms with van der Waals surface area (Å²) in [5.41, 5.74) is 0.109. The van der Waals surface area contributed by atoms with Gasteiger partial charge in [-0.1, -0.05) is 0 Å². The topological polar surface area (TPSA) is 88.9 Å². The smallest absolute Gasteiger partial charge is 0.252 e. The Bertz CT molecular complexity index is 774. The monoisotopic (exact) mass is 307 g/mol. The van der Waals surface area contributed by atoms with E-state index in [0.717, 1.165) is 12.1 Å². The summed E-state index contributed by atoms with van der Waals surface area (Å²) < 4.78 is 27.2. The first kappa shape index (κ1) is 14.1. The highest BCUT2D eigenvalue weighted by atomic mass is 19.2. The van der Waals surface area contributed by atoms with Crippen molar-refractivity contribution in [3.8, 4) is 0 Å². The average Bonchev–Trinajstić information content (AvgIpc) is 2.92. The van der Waals surface area contributed by atoms with Gasteiger partial charge in [-0.25, -0.2) is 13.5 Å². The van der Waals surface area contributed by atoms with Crippen LogP contribution in [0.1, 0.15) is 18.3 Å². The van der Waals surface area contributed by atoms with Gasteiger partial charge in [0.05, 0.1) is 6.42 Å². The normalized spacial score (nSPS) is 16.3. The highest BCUT2D eigenvalue weighted by molar-refractivity contribution is 6.00. The zero-order valence-corrected chi connectivity index (χ0v) is 11.4. The highest BCUT2D eigenvalue weighted by Crippen LogP contribution is 2.25. The van der Waals surface area contributed by atoms with Crippen molar-refractivity contribution < 1.29 is 18.4 Å². The van der Waals surface area contributed by atoms with Crippen molar-refractivity contribution in [2.24, 2.45) is 0 Å². The molecule has 1 atom stereocenters. The Morgan fingerprint density at radius 2 is 2.18 bits per heavy atom. The van der Waals surface area contributed by atoms with Gasteiger partial charge in [0.15, 0.2) is 11.6 Å². The van der Waals surface area contributed by atoms with Crippen molar-refractivity contribution in [2.75, 3.05) is 10.6 Å². The van der Waals surface area contributed by atoms with E-state index in [9.17, 15) is 18.4 Å². The molecule has 0 saturated carbocycles. The van der Waals surface area contributed by atoms with Gasteiger partial charge in [-0.15, -0.1) is 0 Å². The molecular weight excluding hydrogens is 296 g/mol. The first-order valence-electron chi connectivity index (χ1n) is 6.43. The second-order valence-corrected chi connectivity index (χ2v) is 4.81. The summed E-state index contributed by atoms with van der Waals surface area (Å²) in [5.74, 6) is -2.22. The molecule has 2 N–H and O–H groups in total. The number of amides is 2. The molecule has 0 saturated heterocycles. The van der Waals surface area contributed by atoms with Crippen LogP contribution < -0.4 is 10.6 Å². The molecule has 1 aliphatic rings. The van der Waals surface area contributed by atoms with E-state index >= 15 is 0 Å². The fourth-order valence-corrected chi connectivity index (χ4v) is 2.18. The predicted molar refractivity (Wildman–Crippen MR) is 72.0 cm³/mol. The highest BCUT2D eigenvalue weighted by Gasteiger charge is 2.34. The van der Waals surface area contributed by atoms with Crippen LogP contribution in [-0.2, 0) is 9.59 Å². The summed E-state index contributed by atoms with van der Waals surface area (Å²) >= 11 is 0. The molecule has 1 aromatic carbocycles. The van der Waals surface area contributed by atoms with Gasteiger partial charge in [-0.2, -0.15) is 10.1 Å². The molecule has 0 spiro atoms. The number of aryl methyl sites for hydroxylation is 1. The minimum absolute atomic E-state index is 0.109. The molecule has 1 aromatic heterocycles. The lowest BCUT2D eigenvalue weighted by Gasteiger charge is -2.10. The van der Waals surface area contributed by atoms with Crippen molar-refractivity contribution >= 4 is 23.5 Å². The minimum Gasteiger partial charge on any atom is -0.326 e. The molecule has 9 heteroatoms. The van der Waals surface area contributed by atoms with Crippen molar-refractivity contribution in [3.05, 3.63) is 35.7 Å². The van der Waals surface area contributed by atoms with E-state index in [2.05, 4.69) is 20.7 Å². The van der Waals surface area contributed by atoms with E-state index in [-0.39, 0.29) is 18.1 Å². The zero-order chi connectivity index (χ0) is 15.9. The molecule has 7 nitrogen and oxygen atoms in total. The molecule has 22 heavy (non-hydrogen) atoms. The van der Waals surface area contributed by atoms with Gasteiger partial charge in [0.25, 0.3) is 5.91 Å². The number of carbonyl (C=O) groups excluding carboxylic acids is 2. The number of nitrogens with zero attached hydrogens (tertiary/aromatic N) is 3. The summed E-state index contributed by atoms with van der Waals surface area (Å²) in [4.78, 5) is 27.7. The van der Waals surface area contributed by atoms with Crippen molar-refractivity contribution in [3.63, 3.8) is 0 Å². The first-order valence-corrected chi connectivity index (χ1v) is 6.43. The largest absolute Gasteiger partial charge is 0.326 e. The molecule has 1 aliphatic heterocycles. The van der Waals surface area contributed by atoms with Crippen LogP contribution in [0, 0.1) is 18.6 Å². The number of hydrogen-bond acceptors (Lipinski definition) is 4. The van der Waals surface area contributed by atoms with Crippen LogP contribution in [0.15, 0.2) is 18.2 Å². The number of hydrogen-bond donors (Lipinski definition) is 2. The first-order chi connectivity index (χ1) is 10.4.